The molecule has 6 atom stereocenters. The molecule has 3 aliphatic rings. The highest BCUT2D eigenvalue weighted by Crippen LogP contribution is 2.65. The third kappa shape index (κ3) is 2.52. The summed E-state index contributed by atoms with van der Waals surface area (Å²) in [5.74, 6) is 0.272. The molecule has 0 aromatic heterocycles. The summed E-state index contributed by atoms with van der Waals surface area (Å²) in [6, 6.07) is 2.29. The standard InChI is InChI=1S/C20H31NO4/c1-17(12-21)10-6-15-18(2)8-5-9-19(3,16(23)24-4)14(18)7-11-20(15,13-22)25-17/h14-15,22H,5-11,13H2,1-4H3/t14?,15?,17-,18+,19+,20+/m1/s1. The summed E-state index contributed by atoms with van der Waals surface area (Å²) in [5.41, 5.74) is -2.05. The van der Waals surface area contributed by atoms with E-state index in [2.05, 4.69) is 19.9 Å². The van der Waals surface area contributed by atoms with E-state index >= 15 is 0 Å². The van der Waals surface area contributed by atoms with Crippen LogP contribution in [0.4, 0.5) is 0 Å². The maximum absolute atomic E-state index is 12.6. The first-order valence-corrected chi connectivity index (χ1v) is 9.50. The first-order valence-electron chi connectivity index (χ1n) is 9.50. The maximum atomic E-state index is 12.6. The predicted octanol–water partition coefficient (Wildman–Crippen LogP) is 3.21. The molecule has 2 aliphatic carbocycles. The Kier molecular flexibility index (Phi) is 4.45. The summed E-state index contributed by atoms with van der Waals surface area (Å²) < 4.78 is 11.5. The molecule has 0 aromatic rings. The number of nitriles is 1. The average molecular weight is 349 g/mol. The minimum Gasteiger partial charge on any atom is -0.469 e. The summed E-state index contributed by atoms with van der Waals surface area (Å²) in [7, 11) is 1.47. The zero-order valence-electron chi connectivity index (χ0n) is 15.9. The number of esters is 1. The van der Waals surface area contributed by atoms with E-state index in [1.165, 1.54) is 7.11 Å². The largest absolute Gasteiger partial charge is 0.469 e. The quantitative estimate of drug-likeness (QED) is 0.774. The Morgan fingerprint density at radius 2 is 1.88 bits per heavy atom. The lowest BCUT2D eigenvalue weighted by molar-refractivity contribution is -0.270. The van der Waals surface area contributed by atoms with E-state index in [1.54, 1.807) is 0 Å². The minimum absolute atomic E-state index is 0.0633. The van der Waals surface area contributed by atoms with Gasteiger partial charge in [0.05, 0.1) is 30.8 Å². The third-order valence-electron chi connectivity index (χ3n) is 7.76. The van der Waals surface area contributed by atoms with Crippen LogP contribution in [-0.2, 0) is 14.3 Å². The van der Waals surface area contributed by atoms with Gasteiger partial charge in [-0.3, -0.25) is 4.79 Å². The Labute approximate surface area is 150 Å². The van der Waals surface area contributed by atoms with Gasteiger partial charge in [-0.15, -0.1) is 0 Å². The molecule has 5 nitrogen and oxygen atoms in total. The van der Waals surface area contributed by atoms with Crippen molar-refractivity contribution in [2.75, 3.05) is 13.7 Å². The molecule has 1 saturated heterocycles. The number of rotatable bonds is 2. The lowest BCUT2D eigenvalue weighted by Gasteiger charge is -2.64. The van der Waals surface area contributed by atoms with E-state index in [1.807, 2.05) is 6.92 Å². The van der Waals surface area contributed by atoms with Crippen LogP contribution in [-0.4, -0.2) is 36.0 Å². The van der Waals surface area contributed by atoms with Gasteiger partial charge in [-0.05, 0) is 69.6 Å². The van der Waals surface area contributed by atoms with Gasteiger partial charge < -0.3 is 14.6 Å². The Hall–Kier alpha value is -1.12. The highest BCUT2D eigenvalue weighted by molar-refractivity contribution is 5.77. The predicted molar refractivity (Wildman–Crippen MR) is 92.4 cm³/mol. The van der Waals surface area contributed by atoms with Crippen LogP contribution in [0.15, 0.2) is 0 Å². The van der Waals surface area contributed by atoms with E-state index in [-0.39, 0.29) is 29.8 Å². The van der Waals surface area contributed by atoms with E-state index < -0.39 is 16.6 Å². The number of hydrogen-bond donors (Lipinski definition) is 1. The fourth-order valence-corrected chi connectivity index (χ4v) is 6.55. The fourth-order valence-electron chi connectivity index (χ4n) is 6.55. The third-order valence-corrected chi connectivity index (χ3v) is 7.76. The molecule has 5 heteroatoms. The average Bonchev–Trinajstić information content (AvgIpc) is 2.60. The highest BCUT2D eigenvalue weighted by atomic mass is 16.5. The molecule has 3 fully saturated rings. The molecule has 3 rings (SSSR count). The van der Waals surface area contributed by atoms with Crippen molar-refractivity contribution in [3.8, 4) is 6.07 Å². The van der Waals surface area contributed by atoms with Crippen molar-refractivity contribution in [3.63, 3.8) is 0 Å². The van der Waals surface area contributed by atoms with Crippen molar-refractivity contribution in [3.05, 3.63) is 0 Å². The smallest absolute Gasteiger partial charge is 0.311 e. The molecule has 2 saturated carbocycles. The van der Waals surface area contributed by atoms with Crippen LogP contribution in [0.25, 0.3) is 0 Å². The summed E-state index contributed by atoms with van der Waals surface area (Å²) in [5, 5.41) is 19.8. The second kappa shape index (κ2) is 5.96. The van der Waals surface area contributed by atoms with Crippen molar-refractivity contribution in [1.82, 2.24) is 0 Å². The second-order valence-electron chi connectivity index (χ2n) is 9.12. The summed E-state index contributed by atoms with van der Waals surface area (Å²) >= 11 is 0. The van der Waals surface area contributed by atoms with Gasteiger partial charge in [0.25, 0.3) is 0 Å². The number of ether oxygens (including phenoxy) is 2. The summed E-state index contributed by atoms with van der Waals surface area (Å²) in [6.07, 6.45) is 5.91. The number of carbonyl (C=O) groups is 1. The minimum atomic E-state index is -0.831. The lowest BCUT2D eigenvalue weighted by Crippen LogP contribution is -2.66. The number of carbonyl (C=O) groups excluding carboxylic acids is 1. The van der Waals surface area contributed by atoms with Crippen molar-refractivity contribution >= 4 is 5.97 Å². The number of fused-ring (bicyclic) bond motifs is 3. The molecule has 140 valence electrons. The molecular weight excluding hydrogens is 318 g/mol. The molecule has 0 spiro atoms. The maximum Gasteiger partial charge on any atom is 0.311 e. The molecule has 0 aromatic carbocycles. The Bertz CT molecular complexity index is 601. The Morgan fingerprint density at radius 1 is 1.20 bits per heavy atom. The van der Waals surface area contributed by atoms with Crippen molar-refractivity contribution in [2.45, 2.75) is 76.9 Å². The zero-order valence-corrected chi connectivity index (χ0v) is 15.9. The molecule has 25 heavy (non-hydrogen) atoms. The molecule has 1 aliphatic heterocycles. The first-order chi connectivity index (χ1) is 11.7. The van der Waals surface area contributed by atoms with Crippen molar-refractivity contribution < 1.29 is 19.4 Å². The van der Waals surface area contributed by atoms with Gasteiger partial charge in [-0.25, -0.2) is 0 Å². The SMILES string of the molecule is COC(=O)[C@@]1(C)CCC[C@]2(C)C3CC[C@](C)(C#N)O[C@]3(CO)CCC21. The van der Waals surface area contributed by atoms with Crippen molar-refractivity contribution in [1.29, 1.82) is 5.26 Å². The van der Waals surface area contributed by atoms with Crippen LogP contribution in [0.1, 0.15) is 65.7 Å². The fraction of sp³-hybridized carbons (Fsp3) is 0.900. The van der Waals surface area contributed by atoms with Crippen LogP contribution in [0.5, 0.6) is 0 Å². The van der Waals surface area contributed by atoms with E-state index in [9.17, 15) is 15.2 Å². The molecule has 0 amide bonds. The lowest BCUT2D eigenvalue weighted by atomic mass is 9.44. The van der Waals surface area contributed by atoms with Gasteiger partial charge in [0, 0.05) is 0 Å². The van der Waals surface area contributed by atoms with Gasteiger partial charge in [0.15, 0.2) is 5.60 Å². The normalized spacial score (nSPS) is 49.4. The van der Waals surface area contributed by atoms with E-state index in [0.717, 1.165) is 32.1 Å². The number of methoxy groups -OCH3 is 1. The summed E-state index contributed by atoms with van der Waals surface area (Å²) in [6.45, 7) is 6.08. The van der Waals surface area contributed by atoms with Gasteiger partial charge in [0.1, 0.15) is 0 Å². The number of aliphatic hydroxyl groups is 1. The van der Waals surface area contributed by atoms with Gasteiger partial charge in [-0.2, -0.15) is 5.26 Å². The van der Waals surface area contributed by atoms with Gasteiger partial charge in [0.2, 0.25) is 0 Å². The van der Waals surface area contributed by atoms with Crippen molar-refractivity contribution in [2.24, 2.45) is 22.7 Å². The molecule has 1 N–H and O–H groups in total. The van der Waals surface area contributed by atoms with Crippen LogP contribution in [0, 0.1) is 34.0 Å². The molecular formula is C20H31NO4. The Morgan fingerprint density at radius 3 is 2.48 bits per heavy atom. The number of aliphatic hydroxyl groups excluding tert-OH is 1. The molecule has 2 unspecified atom stereocenters. The second-order valence-corrected chi connectivity index (χ2v) is 9.12. The molecule has 0 radical (unpaired) electrons. The van der Waals surface area contributed by atoms with Crippen LogP contribution < -0.4 is 0 Å². The van der Waals surface area contributed by atoms with E-state index in [0.29, 0.717) is 12.8 Å². The highest BCUT2D eigenvalue weighted by Gasteiger charge is 2.65. The monoisotopic (exact) mass is 349 g/mol. The van der Waals surface area contributed by atoms with Crippen LogP contribution >= 0.6 is 0 Å². The van der Waals surface area contributed by atoms with Gasteiger partial charge >= 0.3 is 5.97 Å². The Balaban J connectivity index is 2.00. The van der Waals surface area contributed by atoms with E-state index in [4.69, 9.17) is 9.47 Å². The zero-order chi connectivity index (χ0) is 18.5. The van der Waals surface area contributed by atoms with Crippen LogP contribution in [0.2, 0.25) is 0 Å². The first kappa shape index (κ1) is 18.7. The number of nitrogens with zero attached hydrogens (tertiary/aromatic N) is 1. The summed E-state index contributed by atoms with van der Waals surface area (Å²) in [4.78, 5) is 12.6. The number of hydrogen-bond acceptors (Lipinski definition) is 5. The topological polar surface area (TPSA) is 79.6 Å². The van der Waals surface area contributed by atoms with Gasteiger partial charge in [-0.1, -0.05) is 13.3 Å². The molecule has 1 heterocycles. The van der Waals surface area contributed by atoms with Crippen LogP contribution in [0.3, 0.4) is 0 Å². The molecule has 0 bridgehead atoms.